The van der Waals surface area contributed by atoms with Crippen LogP contribution in [0.3, 0.4) is 0 Å². The third-order valence-corrected chi connectivity index (χ3v) is 3.11. The van der Waals surface area contributed by atoms with Crippen molar-refractivity contribution in [1.82, 2.24) is 0 Å². The number of anilines is 1. The summed E-state index contributed by atoms with van der Waals surface area (Å²) in [6, 6.07) is 6.98. The summed E-state index contributed by atoms with van der Waals surface area (Å²) in [5, 5.41) is 2.86. The number of hydrogen-bond acceptors (Lipinski definition) is 2. The number of hydrogen-bond donors (Lipinski definition) is 1. The summed E-state index contributed by atoms with van der Waals surface area (Å²) in [5.41, 5.74) is -0.864. The Morgan fingerprint density at radius 1 is 1.25 bits per heavy atom. The van der Waals surface area contributed by atoms with E-state index in [-0.39, 0.29) is 16.8 Å². The summed E-state index contributed by atoms with van der Waals surface area (Å²) in [7, 11) is 0. The number of rotatable bonds is 4. The van der Waals surface area contributed by atoms with Gasteiger partial charge >= 0.3 is 6.18 Å². The number of nitrogens with one attached hydrogen (secondary N) is 1. The fourth-order valence-electron chi connectivity index (χ4n) is 1.93. The molecule has 1 aromatic heterocycles. The molecule has 2 nitrogen and oxygen atoms in total. The lowest BCUT2D eigenvalue weighted by atomic mass is 10.1. The van der Waals surface area contributed by atoms with Gasteiger partial charge < -0.3 is 9.73 Å². The average molecular weight is 304 g/mol. The van der Waals surface area contributed by atoms with E-state index in [0.29, 0.717) is 12.2 Å². The van der Waals surface area contributed by atoms with E-state index >= 15 is 0 Å². The molecule has 6 heteroatoms. The van der Waals surface area contributed by atoms with Crippen LogP contribution in [0.1, 0.15) is 18.2 Å². The van der Waals surface area contributed by atoms with Crippen LogP contribution in [-0.4, -0.2) is 6.04 Å². The minimum atomic E-state index is -4.45. The predicted octanol–water partition coefficient (Wildman–Crippen LogP) is 4.99. The Kier molecular flexibility index (Phi) is 4.28. The van der Waals surface area contributed by atoms with Crippen LogP contribution in [0.2, 0.25) is 5.02 Å². The van der Waals surface area contributed by atoms with E-state index in [1.165, 1.54) is 18.4 Å². The Morgan fingerprint density at radius 2 is 2.00 bits per heavy atom. The molecule has 20 heavy (non-hydrogen) atoms. The maximum atomic E-state index is 12.9. The van der Waals surface area contributed by atoms with E-state index in [0.717, 1.165) is 6.07 Å². The van der Waals surface area contributed by atoms with Gasteiger partial charge in [-0.25, -0.2) is 0 Å². The van der Waals surface area contributed by atoms with Crippen LogP contribution in [-0.2, 0) is 12.6 Å². The molecule has 0 saturated carbocycles. The first-order valence-electron chi connectivity index (χ1n) is 6.02. The normalized spacial score (nSPS) is 13.2. The Hall–Kier alpha value is -1.62. The summed E-state index contributed by atoms with van der Waals surface area (Å²) >= 11 is 5.88. The van der Waals surface area contributed by atoms with Crippen LogP contribution in [0.15, 0.2) is 41.0 Å². The minimum Gasteiger partial charge on any atom is -0.469 e. The summed E-state index contributed by atoms with van der Waals surface area (Å²) in [6.45, 7) is 1.77. The SMILES string of the molecule is CC(Cc1ccco1)Nc1c(Cl)cccc1C(F)(F)F. The summed E-state index contributed by atoms with van der Waals surface area (Å²) < 4.78 is 44.0. The molecule has 0 spiro atoms. The molecule has 2 rings (SSSR count). The van der Waals surface area contributed by atoms with Crippen molar-refractivity contribution in [2.24, 2.45) is 0 Å². The van der Waals surface area contributed by atoms with Gasteiger partial charge in [0.15, 0.2) is 0 Å². The van der Waals surface area contributed by atoms with Crippen molar-refractivity contribution in [2.75, 3.05) is 5.32 Å². The Balaban J connectivity index is 2.20. The zero-order chi connectivity index (χ0) is 14.8. The van der Waals surface area contributed by atoms with E-state index in [2.05, 4.69) is 5.32 Å². The van der Waals surface area contributed by atoms with Gasteiger partial charge in [0.05, 0.1) is 22.5 Å². The lowest BCUT2D eigenvalue weighted by molar-refractivity contribution is -0.137. The van der Waals surface area contributed by atoms with Crippen molar-refractivity contribution in [3.8, 4) is 0 Å². The molecule has 0 amide bonds. The van der Waals surface area contributed by atoms with Crippen LogP contribution in [0.25, 0.3) is 0 Å². The van der Waals surface area contributed by atoms with Crippen LogP contribution < -0.4 is 5.32 Å². The minimum absolute atomic E-state index is 0.0473. The highest BCUT2D eigenvalue weighted by Crippen LogP contribution is 2.38. The highest BCUT2D eigenvalue weighted by atomic mass is 35.5. The largest absolute Gasteiger partial charge is 0.469 e. The molecule has 0 saturated heterocycles. The molecule has 1 heterocycles. The molecule has 1 aromatic carbocycles. The van der Waals surface area contributed by atoms with Crippen molar-refractivity contribution in [3.63, 3.8) is 0 Å². The van der Waals surface area contributed by atoms with Gasteiger partial charge in [-0.2, -0.15) is 13.2 Å². The third-order valence-electron chi connectivity index (χ3n) is 2.80. The second kappa shape index (κ2) is 5.79. The molecule has 0 aliphatic carbocycles. The molecule has 108 valence electrons. The molecule has 1 N–H and O–H groups in total. The van der Waals surface area contributed by atoms with E-state index in [4.69, 9.17) is 16.0 Å². The van der Waals surface area contributed by atoms with Gasteiger partial charge in [-0.05, 0) is 31.2 Å². The second-order valence-corrected chi connectivity index (χ2v) is 4.90. The van der Waals surface area contributed by atoms with Crippen molar-refractivity contribution < 1.29 is 17.6 Å². The monoisotopic (exact) mass is 303 g/mol. The fraction of sp³-hybridized carbons (Fsp3) is 0.286. The van der Waals surface area contributed by atoms with Crippen molar-refractivity contribution in [1.29, 1.82) is 0 Å². The van der Waals surface area contributed by atoms with Gasteiger partial charge in [0.25, 0.3) is 0 Å². The van der Waals surface area contributed by atoms with E-state index in [1.807, 2.05) is 0 Å². The molecular weight excluding hydrogens is 291 g/mol. The molecule has 0 radical (unpaired) electrons. The molecule has 1 unspecified atom stereocenters. The first-order valence-corrected chi connectivity index (χ1v) is 6.40. The van der Waals surface area contributed by atoms with Gasteiger partial charge in [0.2, 0.25) is 0 Å². The number of furan rings is 1. The number of para-hydroxylation sites is 1. The standard InChI is InChI=1S/C14H13ClF3NO/c1-9(8-10-4-3-7-20-10)19-13-11(14(16,17)18)5-2-6-12(13)15/h2-7,9,19H,8H2,1H3. The van der Waals surface area contributed by atoms with Crippen LogP contribution >= 0.6 is 11.6 Å². The zero-order valence-electron chi connectivity index (χ0n) is 10.7. The van der Waals surface area contributed by atoms with Gasteiger partial charge in [-0.15, -0.1) is 0 Å². The first-order chi connectivity index (χ1) is 9.38. The molecular formula is C14H13ClF3NO. The highest BCUT2D eigenvalue weighted by molar-refractivity contribution is 6.33. The first kappa shape index (κ1) is 14.8. The van der Waals surface area contributed by atoms with Crippen LogP contribution in [0.4, 0.5) is 18.9 Å². The van der Waals surface area contributed by atoms with Crippen molar-refractivity contribution in [3.05, 3.63) is 52.9 Å². The highest BCUT2D eigenvalue weighted by Gasteiger charge is 2.34. The Morgan fingerprint density at radius 3 is 2.60 bits per heavy atom. The van der Waals surface area contributed by atoms with Gasteiger partial charge in [-0.1, -0.05) is 17.7 Å². The molecule has 0 aliphatic rings. The summed E-state index contributed by atoms with van der Waals surface area (Å²) in [4.78, 5) is 0. The maximum Gasteiger partial charge on any atom is 0.418 e. The van der Waals surface area contributed by atoms with E-state index in [1.54, 1.807) is 19.1 Å². The van der Waals surface area contributed by atoms with Gasteiger partial charge in [0, 0.05) is 12.5 Å². The van der Waals surface area contributed by atoms with Crippen molar-refractivity contribution >= 4 is 17.3 Å². The van der Waals surface area contributed by atoms with Crippen LogP contribution in [0, 0.1) is 0 Å². The number of halogens is 4. The molecule has 0 fully saturated rings. The summed E-state index contributed by atoms with van der Waals surface area (Å²) in [5.74, 6) is 0.700. The van der Waals surface area contributed by atoms with Crippen molar-refractivity contribution in [2.45, 2.75) is 25.6 Å². The summed E-state index contributed by atoms with van der Waals surface area (Å²) in [6.07, 6.45) is -2.45. The molecule has 0 bridgehead atoms. The van der Waals surface area contributed by atoms with Gasteiger partial charge in [-0.3, -0.25) is 0 Å². The average Bonchev–Trinajstić information content (AvgIpc) is 2.83. The van der Waals surface area contributed by atoms with Crippen LogP contribution in [0.5, 0.6) is 0 Å². The molecule has 1 atom stereocenters. The second-order valence-electron chi connectivity index (χ2n) is 4.49. The van der Waals surface area contributed by atoms with Gasteiger partial charge in [0.1, 0.15) is 5.76 Å². The lowest BCUT2D eigenvalue weighted by Gasteiger charge is -2.20. The number of alkyl halides is 3. The topological polar surface area (TPSA) is 25.2 Å². The smallest absolute Gasteiger partial charge is 0.418 e. The van der Waals surface area contributed by atoms with E-state index < -0.39 is 11.7 Å². The third kappa shape index (κ3) is 3.48. The Bertz CT molecular complexity index is 566. The Labute approximate surface area is 119 Å². The quantitative estimate of drug-likeness (QED) is 0.860. The predicted molar refractivity (Wildman–Crippen MR) is 72.0 cm³/mol. The molecule has 0 aliphatic heterocycles. The number of benzene rings is 1. The fourth-order valence-corrected chi connectivity index (χ4v) is 2.16. The zero-order valence-corrected chi connectivity index (χ0v) is 11.4. The van der Waals surface area contributed by atoms with E-state index in [9.17, 15) is 13.2 Å². The molecule has 2 aromatic rings. The maximum absolute atomic E-state index is 12.9. The lowest BCUT2D eigenvalue weighted by Crippen LogP contribution is -2.21.